The third-order valence-corrected chi connectivity index (χ3v) is 5.00. The van der Waals surface area contributed by atoms with Crippen LogP contribution in [0.3, 0.4) is 0 Å². The first-order valence-electron chi connectivity index (χ1n) is 11.1. The molecule has 35 heavy (non-hydrogen) atoms. The molecule has 3 rings (SSSR count). The number of carbonyl (C=O) groups excluding carboxylic acids is 1. The van der Waals surface area contributed by atoms with Gasteiger partial charge in [0.2, 0.25) is 5.91 Å². The number of nitrogens with one attached hydrogen (secondary N) is 2. The number of piperazine rings is 1. The summed E-state index contributed by atoms with van der Waals surface area (Å²) in [6.07, 6.45) is -2.27. The lowest BCUT2D eigenvalue weighted by molar-refractivity contribution is -0.138. The van der Waals surface area contributed by atoms with Crippen LogP contribution in [0.4, 0.5) is 24.7 Å². The summed E-state index contributed by atoms with van der Waals surface area (Å²) in [7, 11) is 0. The van der Waals surface area contributed by atoms with E-state index in [9.17, 15) is 22.8 Å². The summed E-state index contributed by atoms with van der Waals surface area (Å²) in [5.41, 5.74) is -2.62. The summed E-state index contributed by atoms with van der Waals surface area (Å²) >= 11 is 0. The Bertz CT molecular complexity index is 1040. The second-order valence-electron chi connectivity index (χ2n) is 7.16. The van der Waals surface area contributed by atoms with Crippen LogP contribution in [0.1, 0.15) is 31.4 Å². The van der Waals surface area contributed by atoms with Gasteiger partial charge in [0, 0.05) is 38.9 Å². The van der Waals surface area contributed by atoms with E-state index in [1.165, 1.54) is 6.20 Å². The first kappa shape index (κ1) is 27.6. The monoisotopic (exact) mass is 495 g/mol. The normalized spacial score (nSPS) is 13.5. The van der Waals surface area contributed by atoms with Gasteiger partial charge >= 0.3 is 6.18 Å². The van der Waals surface area contributed by atoms with Crippen molar-refractivity contribution in [3.05, 3.63) is 46.0 Å². The first-order valence-corrected chi connectivity index (χ1v) is 11.1. The molecule has 0 aliphatic carbocycles. The van der Waals surface area contributed by atoms with Crippen LogP contribution in [0.15, 0.2) is 29.3 Å². The molecule has 1 aliphatic rings. The maximum Gasteiger partial charge on any atom is 0.423 e. The molecule has 0 unspecified atom stereocenters. The van der Waals surface area contributed by atoms with Crippen LogP contribution < -0.4 is 15.8 Å². The van der Waals surface area contributed by atoms with Gasteiger partial charge in [0.25, 0.3) is 5.56 Å². The number of anilines is 2. The molecule has 0 spiro atoms. The van der Waals surface area contributed by atoms with Crippen LogP contribution in [0.2, 0.25) is 0 Å². The highest BCUT2D eigenvalue weighted by atomic mass is 19.4. The molecule has 3 heterocycles. The highest BCUT2D eigenvalue weighted by molar-refractivity contribution is 5.76. The van der Waals surface area contributed by atoms with Gasteiger partial charge in [-0.1, -0.05) is 13.8 Å². The zero-order valence-corrected chi connectivity index (χ0v) is 19.6. The van der Waals surface area contributed by atoms with Gasteiger partial charge in [-0.15, -0.1) is 0 Å². The maximum absolute atomic E-state index is 13.0. The van der Waals surface area contributed by atoms with Crippen LogP contribution in [0.25, 0.3) is 0 Å². The smallest absolute Gasteiger partial charge is 0.381 e. The van der Waals surface area contributed by atoms with Crippen LogP contribution >= 0.6 is 0 Å². The second-order valence-corrected chi connectivity index (χ2v) is 7.16. The van der Waals surface area contributed by atoms with Crippen LogP contribution in [-0.2, 0) is 15.7 Å². The van der Waals surface area contributed by atoms with Gasteiger partial charge in [0.15, 0.2) is 0 Å². The SMILES string of the molecule is CC.N#Cc1ccc(N2CCN(C(=O)CCOCCNc3cn[nH]c(=O)c3C(F)(F)F)CC2)nc1. The number of carbonyl (C=O) groups is 1. The number of amides is 1. The lowest BCUT2D eigenvalue weighted by atomic mass is 10.2. The fraction of sp³-hybridized carbons (Fsp3) is 0.500. The Morgan fingerprint density at radius 3 is 2.51 bits per heavy atom. The molecule has 0 atom stereocenters. The zero-order chi connectivity index (χ0) is 25.8. The van der Waals surface area contributed by atoms with E-state index in [0.717, 1.165) is 12.0 Å². The Morgan fingerprint density at radius 2 is 1.91 bits per heavy atom. The standard InChI is InChI=1S/C20H22F3N7O3.C2H6/c21-20(22,23)18-15(13-27-28-19(18)32)25-4-10-33-9-3-17(31)30-7-5-29(6-8-30)16-2-1-14(11-24)12-26-16;1-2/h1-2,12-13H,3-10H2,(H2,25,28,32);1-2H3. The Balaban J connectivity index is 0.00000210. The molecule has 0 saturated carbocycles. The van der Waals surface area contributed by atoms with Crippen molar-refractivity contribution in [3.63, 3.8) is 0 Å². The molecule has 2 aromatic rings. The van der Waals surface area contributed by atoms with Gasteiger partial charge in [-0.2, -0.15) is 23.5 Å². The highest BCUT2D eigenvalue weighted by Crippen LogP contribution is 2.31. The van der Waals surface area contributed by atoms with Gasteiger partial charge in [-0.3, -0.25) is 9.59 Å². The number of alkyl halides is 3. The Labute approximate surface area is 200 Å². The number of ether oxygens (including phenoxy) is 1. The Morgan fingerprint density at radius 1 is 1.20 bits per heavy atom. The van der Waals surface area contributed by atoms with E-state index < -0.39 is 23.0 Å². The number of nitriles is 1. The molecule has 10 nitrogen and oxygen atoms in total. The van der Waals surface area contributed by atoms with Gasteiger partial charge < -0.3 is 19.9 Å². The van der Waals surface area contributed by atoms with E-state index in [2.05, 4.69) is 15.4 Å². The summed E-state index contributed by atoms with van der Waals surface area (Å²) in [5, 5.41) is 16.5. The second kappa shape index (κ2) is 13.3. The summed E-state index contributed by atoms with van der Waals surface area (Å²) in [5.74, 6) is 0.676. The van der Waals surface area contributed by atoms with Crippen LogP contribution in [0.5, 0.6) is 0 Å². The predicted molar refractivity (Wildman–Crippen MR) is 123 cm³/mol. The molecule has 13 heteroatoms. The van der Waals surface area contributed by atoms with E-state index >= 15 is 0 Å². The molecule has 0 aromatic carbocycles. The van der Waals surface area contributed by atoms with Crippen molar-refractivity contribution in [3.8, 4) is 6.07 Å². The average Bonchev–Trinajstić information content (AvgIpc) is 2.86. The fourth-order valence-corrected chi connectivity index (χ4v) is 3.32. The van der Waals surface area contributed by atoms with Crippen molar-refractivity contribution in [2.75, 3.05) is 56.2 Å². The lowest BCUT2D eigenvalue weighted by Gasteiger charge is -2.35. The fourth-order valence-electron chi connectivity index (χ4n) is 3.32. The van der Waals surface area contributed by atoms with E-state index in [4.69, 9.17) is 10.00 Å². The van der Waals surface area contributed by atoms with E-state index in [1.54, 1.807) is 22.1 Å². The summed E-state index contributed by atoms with van der Waals surface area (Å²) in [6, 6.07) is 5.49. The van der Waals surface area contributed by atoms with Crippen LogP contribution in [0, 0.1) is 11.3 Å². The Hall–Kier alpha value is -3.66. The number of hydrogen-bond donors (Lipinski definition) is 2. The van der Waals surface area contributed by atoms with Gasteiger partial charge in [-0.25, -0.2) is 10.1 Å². The minimum absolute atomic E-state index is 0.0126. The number of H-pyrrole nitrogens is 1. The molecule has 1 fully saturated rings. The van der Waals surface area contributed by atoms with Gasteiger partial charge in [0.1, 0.15) is 17.5 Å². The molecule has 1 saturated heterocycles. The van der Waals surface area contributed by atoms with Crippen molar-refractivity contribution in [1.29, 1.82) is 5.26 Å². The van der Waals surface area contributed by atoms with Gasteiger partial charge in [-0.05, 0) is 12.1 Å². The molecule has 190 valence electrons. The van der Waals surface area contributed by atoms with E-state index in [0.29, 0.717) is 31.7 Å². The number of aromatic amines is 1. The molecule has 0 bridgehead atoms. The van der Waals surface area contributed by atoms with Crippen molar-refractivity contribution in [2.24, 2.45) is 0 Å². The van der Waals surface area contributed by atoms with Crippen LogP contribution in [-0.4, -0.2) is 71.9 Å². The zero-order valence-electron chi connectivity index (χ0n) is 19.6. The lowest BCUT2D eigenvalue weighted by Crippen LogP contribution is -2.49. The molecule has 0 radical (unpaired) electrons. The minimum Gasteiger partial charge on any atom is -0.381 e. The maximum atomic E-state index is 13.0. The molecule has 1 aliphatic heterocycles. The third kappa shape index (κ3) is 7.96. The Kier molecular flexibility index (Phi) is 10.5. The molecular formula is C22H28F3N7O3. The van der Waals surface area contributed by atoms with Gasteiger partial charge in [0.05, 0.1) is 37.1 Å². The number of rotatable bonds is 8. The average molecular weight is 496 g/mol. The highest BCUT2D eigenvalue weighted by Gasteiger charge is 2.37. The number of hydrogen-bond acceptors (Lipinski definition) is 8. The van der Waals surface area contributed by atoms with Crippen molar-refractivity contribution >= 4 is 17.4 Å². The predicted octanol–water partition coefficient (Wildman–Crippen LogP) is 2.25. The van der Waals surface area contributed by atoms with E-state index in [-0.39, 0.29) is 32.1 Å². The number of halogens is 3. The molecular weight excluding hydrogens is 467 g/mol. The number of aromatic nitrogens is 3. The topological polar surface area (TPSA) is 127 Å². The summed E-state index contributed by atoms with van der Waals surface area (Å²) < 4.78 is 44.3. The largest absolute Gasteiger partial charge is 0.423 e. The first-order chi connectivity index (χ1) is 16.8. The molecule has 2 N–H and O–H groups in total. The number of pyridine rings is 1. The quantitative estimate of drug-likeness (QED) is 0.534. The molecule has 1 amide bonds. The third-order valence-electron chi connectivity index (χ3n) is 5.00. The van der Waals surface area contributed by atoms with E-state index in [1.807, 2.05) is 24.8 Å². The summed E-state index contributed by atoms with van der Waals surface area (Å²) in [6.45, 7) is 6.46. The van der Waals surface area contributed by atoms with Crippen molar-refractivity contribution in [2.45, 2.75) is 26.4 Å². The summed E-state index contributed by atoms with van der Waals surface area (Å²) in [4.78, 5) is 31.8. The number of nitrogens with zero attached hydrogens (tertiary/aromatic N) is 5. The molecule has 2 aromatic heterocycles. The van der Waals surface area contributed by atoms with Crippen molar-refractivity contribution in [1.82, 2.24) is 20.1 Å². The van der Waals surface area contributed by atoms with Crippen molar-refractivity contribution < 1.29 is 22.7 Å². The minimum atomic E-state index is -4.81.